The van der Waals surface area contributed by atoms with Gasteiger partial charge in [-0.3, -0.25) is 9.18 Å². The lowest BCUT2D eigenvalue weighted by molar-refractivity contribution is -0.121. The van der Waals surface area contributed by atoms with Gasteiger partial charge in [-0.2, -0.15) is 4.94 Å². The topological polar surface area (TPSA) is 26.3 Å². The zero-order valence-corrected chi connectivity index (χ0v) is 7.19. The molecule has 0 saturated heterocycles. The van der Waals surface area contributed by atoms with Crippen molar-refractivity contribution in [2.75, 3.05) is 13.8 Å². The number of hydrogen-bond acceptors (Lipinski definition) is 2. The first-order valence-electron chi connectivity index (χ1n) is 3.97. The zero-order valence-electron chi connectivity index (χ0n) is 7.19. The Morgan fingerprint density at radius 3 is 2.25 bits per heavy atom. The molecule has 2 nitrogen and oxygen atoms in total. The van der Waals surface area contributed by atoms with Crippen LogP contribution in [0.3, 0.4) is 0 Å². The van der Waals surface area contributed by atoms with Gasteiger partial charge in [-0.05, 0) is 23.3 Å². The second-order valence-corrected chi connectivity index (χ2v) is 2.79. The largest absolute Gasteiger partial charge is 0.300 e. The number of alkyl halides is 1. The quantitative estimate of drug-likeness (QED) is 0.618. The fourth-order valence-corrected chi connectivity index (χ4v) is 1.15. The van der Waals surface area contributed by atoms with E-state index < -0.39 is 0 Å². The van der Waals surface area contributed by atoms with Crippen molar-refractivity contribution < 1.29 is 18.7 Å². The third-order valence-corrected chi connectivity index (χ3v) is 1.88. The summed E-state index contributed by atoms with van der Waals surface area (Å²) in [6, 6.07) is 0. The van der Waals surface area contributed by atoms with Gasteiger partial charge in [-0.15, -0.1) is 0 Å². The highest BCUT2D eigenvalue weighted by Gasteiger charge is 2.17. The molecule has 4 heteroatoms. The molecule has 1 rings (SSSR count). The van der Waals surface area contributed by atoms with Gasteiger partial charge < -0.3 is 0 Å². The van der Waals surface area contributed by atoms with Crippen molar-refractivity contribution in [1.29, 1.82) is 0 Å². The van der Waals surface area contributed by atoms with Crippen LogP contribution >= 0.6 is 0 Å². The lowest BCUT2D eigenvalue weighted by atomic mass is 9.90. The third kappa shape index (κ3) is 5.18. The maximum atomic E-state index is 11.9. The van der Waals surface area contributed by atoms with E-state index >= 15 is 0 Å². The Kier molecular flexibility index (Phi) is 6.85. The molecule has 1 aliphatic rings. The molecule has 1 fully saturated rings. The molecule has 0 aromatic carbocycles. The molecule has 0 bridgehead atoms. The minimum absolute atomic E-state index is 0.183. The maximum Gasteiger partial charge on any atom is 0.132 e. The summed E-state index contributed by atoms with van der Waals surface area (Å²) < 4.78 is 21.7. The Hall–Kier alpha value is -0.510. The van der Waals surface area contributed by atoms with E-state index in [1.165, 1.54) is 0 Å². The van der Waals surface area contributed by atoms with Gasteiger partial charge >= 0.3 is 0 Å². The van der Waals surface area contributed by atoms with Crippen LogP contribution in [0.15, 0.2) is 0 Å². The van der Waals surface area contributed by atoms with Crippen molar-refractivity contribution in [3.05, 3.63) is 0 Å². The number of halogens is 2. The Morgan fingerprint density at radius 2 is 1.92 bits per heavy atom. The van der Waals surface area contributed by atoms with Crippen LogP contribution in [-0.2, 0) is 9.74 Å². The van der Waals surface area contributed by atoms with E-state index in [1.54, 1.807) is 0 Å². The van der Waals surface area contributed by atoms with Gasteiger partial charge in [0.25, 0.3) is 0 Å². The molecular formula is C8H14F2O2. The normalized spacial score (nSPS) is 18.4. The van der Waals surface area contributed by atoms with E-state index in [-0.39, 0.29) is 12.6 Å². The molecule has 72 valence electrons. The molecule has 0 aromatic rings. The highest BCUT2D eigenvalue weighted by molar-refractivity contribution is 5.78. The Labute approximate surface area is 70.8 Å². The first-order valence-corrected chi connectivity index (χ1v) is 3.97. The zero-order chi connectivity index (χ0) is 9.40. The first-order chi connectivity index (χ1) is 5.74. The number of carbonyl (C=O) groups excluding carboxylic acids is 1. The molecule has 0 aliphatic heterocycles. The first kappa shape index (κ1) is 11.5. The van der Waals surface area contributed by atoms with Crippen molar-refractivity contribution in [3.63, 3.8) is 0 Å². The van der Waals surface area contributed by atoms with Crippen LogP contribution in [0.1, 0.15) is 25.7 Å². The number of rotatable bonds is 1. The van der Waals surface area contributed by atoms with E-state index in [9.17, 15) is 13.7 Å². The van der Waals surface area contributed by atoms with Crippen LogP contribution in [0.4, 0.5) is 8.92 Å². The molecule has 0 atom stereocenters. The number of hydrogen-bond donors (Lipinski definition) is 0. The van der Waals surface area contributed by atoms with E-state index in [4.69, 9.17) is 0 Å². The Morgan fingerprint density at radius 1 is 1.50 bits per heavy atom. The molecular weight excluding hydrogens is 166 g/mol. The van der Waals surface area contributed by atoms with Crippen LogP contribution < -0.4 is 0 Å². The van der Waals surface area contributed by atoms with Crippen LogP contribution in [0, 0.1) is 5.92 Å². The summed E-state index contributed by atoms with van der Waals surface area (Å²) >= 11 is 0. The minimum Gasteiger partial charge on any atom is -0.300 e. The second-order valence-electron chi connectivity index (χ2n) is 2.79. The van der Waals surface area contributed by atoms with Gasteiger partial charge in [0.15, 0.2) is 0 Å². The van der Waals surface area contributed by atoms with Gasteiger partial charge in [0, 0.05) is 12.8 Å². The van der Waals surface area contributed by atoms with E-state index in [1.807, 2.05) is 0 Å². The van der Waals surface area contributed by atoms with Crippen LogP contribution in [0.2, 0.25) is 0 Å². The predicted molar refractivity (Wildman–Crippen MR) is 41.1 cm³/mol. The van der Waals surface area contributed by atoms with Gasteiger partial charge in [-0.25, -0.2) is 0 Å². The summed E-state index contributed by atoms with van der Waals surface area (Å²) in [7, 11) is 0.958. The van der Waals surface area contributed by atoms with Crippen LogP contribution in [0.5, 0.6) is 0 Å². The summed E-state index contributed by atoms with van der Waals surface area (Å²) in [5.74, 6) is 0.488. The molecule has 1 saturated carbocycles. The van der Waals surface area contributed by atoms with E-state index in [0.717, 1.165) is 20.0 Å². The van der Waals surface area contributed by atoms with Crippen molar-refractivity contribution in [2.45, 2.75) is 25.7 Å². The second kappa shape index (κ2) is 7.16. The SMILES string of the molecule is COF.O=C1CCC(CF)CC1. The highest BCUT2D eigenvalue weighted by Crippen LogP contribution is 2.21. The van der Waals surface area contributed by atoms with Gasteiger partial charge in [0.05, 0.1) is 13.8 Å². The lowest BCUT2D eigenvalue weighted by Crippen LogP contribution is -2.14. The Balaban J connectivity index is 0.000000354. The Bertz CT molecular complexity index is 118. The smallest absolute Gasteiger partial charge is 0.132 e. The molecule has 0 amide bonds. The van der Waals surface area contributed by atoms with E-state index in [0.29, 0.717) is 18.6 Å². The molecule has 0 radical (unpaired) electrons. The van der Waals surface area contributed by atoms with Crippen molar-refractivity contribution >= 4 is 5.78 Å². The summed E-state index contributed by atoms with van der Waals surface area (Å²) in [5, 5.41) is 0. The van der Waals surface area contributed by atoms with Crippen molar-refractivity contribution in [2.24, 2.45) is 5.92 Å². The molecule has 0 aromatic heterocycles. The monoisotopic (exact) mass is 180 g/mol. The summed E-state index contributed by atoms with van der Waals surface area (Å²) in [5.41, 5.74) is 0. The number of ketones is 1. The molecule has 0 unspecified atom stereocenters. The van der Waals surface area contributed by atoms with Crippen molar-refractivity contribution in [1.82, 2.24) is 0 Å². The molecule has 0 heterocycles. The average molecular weight is 180 g/mol. The third-order valence-electron chi connectivity index (χ3n) is 1.88. The lowest BCUT2D eigenvalue weighted by Gasteiger charge is -2.16. The summed E-state index contributed by atoms with van der Waals surface area (Å²) in [6.07, 6.45) is 2.76. The minimum atomic E-state index is -0.243. The molecule has 0 N–H and O–H groups in total. The summed E-state index contributed by atoms with van der Waals surface area (Å²) in [4.78, 5) is 13.4. The van der Waals surface area contributed by atoms with Crippen molar-refractivity contribution in [3.8, 4) is 0 Å². The van der Waals surface area contributed by atoms with Gasteiger partial charge in [0.2, 0.25) is 0 Å². The van der Waals surface area contributed by atoms with Gasteiger partial charge in [0.1, 0.15) is 5.78 Å². The van der Waals surface area contributed by atoms with Crippen LogP contribution in [-0.4, -0.2) is 19.6 Å². The predicted octanol–water partition coefficient (Wildman–Crippen LogP) is 2.23. The standard InChI is InChI=1S/C7H11FO.CH3FO/c8-5-6-1-3-7(9)4-2-6;1-3-2/h6H,1-5H2;1H3. The summed E-state index contributed by atoms with van der Waals surface area (Å²) in [6.45, 7) is -0.243. The molecule has 12 heavy (non-hydrogen) atoms. The maximum absolute atomic E-state index is 11.9. The fourth-order valence-electron chi connectivity index (χ4n) is 1.15. The number of carbonyl (C=O) groups is 1. The highest BCUT2D eigenvalue weighted by atomic mass is 19.3. The van der Waals surface area contributed by atoms with E-state index in [2.05, 4.69) is 4.94 Å². The van der Waals surface area contributed by atoms with Gasteiger partial charge in [-0.1, -0.05) is 0 Å². The fraction of sp³-hybridized carbons (Fsp3) is 0.875. The average Bonchev–Trinajstić information content (AvgIpc) is 2.07. The molecule has 0 spiro atoms. The van der Waals surface area contributed by atoms with Crippen LogP contribution in [0.25, 0.3) is 0 Å². The number of Topliss-reactive ketones (excluding diaryl/α,β-unsaturated/α-hetero) is 1. The molecule has 1 aliphatic carbocycles.